The number of nitrogens with zero attached hydrogens (tertiary/aromatic N) is 1. The zero-order valence-electron chi connectivity index (χ0n) is 14.2. The highest BCUT2D eigenvalue weighted by molar-refractivity contribution is 5.16. The van der Waals surface area contributed by atoms with Crippen molar-refractivity contribution in [2.75, 3.05) is 0 Å². The molecule has 1 aliphatic rings. The predicted octanol–water partition coefficient (Wildman–Crippen LogP) is 4.32. The van der Waals surface area contributed by atoms with Crippen LogP contribution in [0.3, 0.4) is 0 Å². The zero-order valence-corrected chi connectivity index (χ0v) is 14.2. The molecule has 3 heteroatoms. The fraction of sp³-hybridized carbons (Fsp3) is 0.722. The number of ether oxygens (including phenoxy) is 1. The van der Waals surface area contributed by atoms with Crippen LogP contribution >= 0.6 is 0 Å². The molecular weight excluding hydrogens is 260 g/mol. The Hall–Kier alpha value is -1.09. The van der Waals surface area contributed by atoms with E-state index in [1.807, 2.05) is 12.1 Å². The van der Waals surface area contributed by atoms with Crippen molar-refractivity contribution in [2.45, 2.75) is 78.5 Å². The molecule has 0 aliphatic heterocycles. The number of hydrogen-bond acceptors (Lipinski definition) is 3. The molecule has 0 atom stereocenters. The second-order valence-electron chi connectivity index (χ2n) is 8.05. The average molecular weight is 290 g/mol. The number of rotatable bonds is 4. The Bertz CT molecular complexity index is 453. The van der Waals surface area contributed by atoms with E-state index >= 15 is 0 Å². The van der Waals surface area contributed by atoms with E-state index in [9.17, 15) is 0 Å². The molecule has 118 valence electrons. The van der Waals surface area contributed by atoms with E-state index in [-0.39, 0.29) is 5.54 Å². The van der Waals surface area contributed by atoms with E-state index in [1.54, 1.807) is 0 Å². The number of nitrogens with one attached hydrogen (secondary N) is 1. The smallest absolute Gasteiger partial charge is 0.213 e. The summed E-state index contributed by atoms with van der Waals surface area (Å²) in [5.74, 6) is 0.771. The molecule has 1 aromatic rings. The van der Waals surface area contributed by atoms with Crippen LogP contribution in [0.15, 0.2) is 18.2 Å². The van der Waals surface area contributed by atoms with Crippen LogP contribution in [0.4, 0.5) is 0 Å². The normalized spacial score (nSPS) is 19.5. The molecule has 3 nitrogen and oxygen atoms in total. The summed E-state index contributed by atoms with van der Waals surface area (Å²) in [5, 5.41) is 3.46. The Morgan fingerprint density at radius 1 is 1.24 bits per heavy atom. The largest absolute Gasteiger partial charge is 0.474 e. The fourth-order valence-corrected chi connectivity index (χ4v) is 2.64. The minimum atomic E-state index is 0.105. The first-order valence-electron chi connectivity index (χ1n) is 8.11. The Morgan fingerprint density at radius 2 is 1.90 bits per heavy atom. The summed E-state index contributed by atoms with van der Waals surface area (Å²) in [6.07, 6.45) is 5.08. The molecule has 1 aromatic heterocycles. The van der Waals surface area contributed by atoms with Crippen LogP contribution in [0.5, 0.6) is 5.88 Å². The van der Waals surface area contributed by atoms with Crippen molar-refractivity contribution in [3.63, 3.8) is 0 Å². The monoisotopic (exact) mass is 290 g/mol. The van der Waals surface area contributed by atoms with Crippen molar-refractivity contribution in [1.82, 2.24) is 10.3 Å². The van der Waals surface area contributed by atoms with Gasteiger partial charge in [0.25, 0.3) is 0 Å². The van der Waals surface area contributed by atoms with Gasteiger partial charge in [-0.1, -0.05) is 19.9 Å². The molecule has 0 spiro atoms. The van der Waals surface area contributed by atoms with Gasteiger partial charge in [0.05, 0.1) is 5.69 Å². The molecule has 21 heavy (non-hydrogen) atoms. The Morgan fingerprint density at radius 3 is 2.52 bits per heavy atom. The molecule has 1 fully saturated rings. The van der Waals surface area contributed by atoms with E-state index in [0.29, 0.717) is 11.5 Å². The van der Waals surface area contributed by atoms with Crippen LogP contribution in [0, 0.1) is 5.41 Å². The summed E-state index contributed by atoms with van der Waals surface area (Å²) >= 11 is 0. The Labute approximate surface area is 129 Å². The SMILES string of the molecule is CC1(C)CCC(Oc2cccc(CNC(C)(C)C)n2)CC1. The van der Waals surface area contributed by atoms with Crippen LogP contribution in [0.25, 0.3) is 0 Å². The van der Waals surface area contributed by atoms with E-state index in [4.69, 9.17) is 4.74 Å². The van der Waals surface area contributed by atoms with Gasteiger partial charge in [-0.3, -0.25) is 0 Å². The number of aromatic nitrogens is 1. The van der Waals surface area contributed by atoms with Crippen LogP contribution in [0.1, 0.15) is 66.0 Å². The van der Waals surface area contributed by atoms with E-state index in [0.717, 1.165) is 31.0 Å². The summed E-state index contributed by atoms with van der Waals surface area (Å²) in [6, 6.07) is 6.06. The van der Waals surface area contributed by atoms with Gasteiger partial charge in [0, 0.05) is 18.2 Å². The van der Waals surface area contributed by atoms with Crippen molar-refractivity contribution in [3.8, 4) is 5.88 Å². The maximum absolute atomic E-state index is 6.08. The average Bonchev–Trinajstić information content (AvgIpc) is 2.39. The van der Waals surface area contributed by atoms with Gasteiger partial charge < -0.3 is 10.1 Å². The lowest BCUT2D eigenvalue weighted by molar-refractivity contribution is 0.0947. The standard InChI is InChI=1S/C18H30N2O/c1-17(2,3)19-13-14-7-6-8-16(20-14)21-15-9-11-18(4,5)12-10-15/h6-8,15,19H,9-13H2,1-5H3. The lowest BCUT2D eigenvalue weighted by Crippen LogP contribution is -2.35. The van der Waals surface area contributed by atoms with Crippen LogP contribution in [-0.2, 0) is 6.54 Å². The molecule has 1 saturated carbocycles. The van der Waals surface area contributed by atoms with Crippen LogP contribution in [-0.4, -0.2) is 16.6 Å². The quantitative estimate of drug-likeness (QED) is 0.897. The first kappa shape index (κ1) is 16.3. The molecule has 2 rings (SSSR count). The second-order valence-corrected chi connectivity index (χ2v) is 8.05. The number of pyridine rings is 1. The Balaban J connectivity index is 1.89. The highest BCUT2D eigenvalue weighted by Gasteiger charge is 2.28. The highest BCUT2D eigenvalue weighted by Crippen LogP contribution is 2.36. The summed E-state index contributed by atoms with van der Waals surface area (Å²) < 4.78 is 6.08. The third-order valence-corrected chi connectivity index (χ3v) is 4.15. The third kappa shape index (κ3) is 5.66. The molecule has 1 aliphatic carbocycles. The van der Waals surface area contributed by atoms with Gasteiger partial charge in [-0.15, -0.1) is 0 Å². The van der Waals surface area contributed by atoms with Gasteiger partial charge in [0.2, 0.25) is 5.88 Å². The van der Waals surface area contributed by atoms with Crippen molar-refractivity contribution < 1.29 is 4.74 Å². The van der Waals surface area contributed by atoms with Gasteiger partial charge in [0.1, 0.15) is 6.10 Å². The van der Waals surface area contributed by atoms with Crippen molar-refractivity contribution in [3.05, 3.63) is 23.9 Å². The molecule has 1 N–H and O–H groups in total. The molecule has 0 amide bonds. The molecule has 0 saturated heterocycles. The van der Waals surface area contributed by atoms with Gasteiger partial charge in [-0.05, 0) is 57.9 Å². The van der Waals surface area contributed by atoms with E-state index < -0.39 is 0 Å². The van der Waals surface area contributed by atoms with Crippen molar-refractivity contribution in [1.29, 1.82) is 0 Å². The van der Waals surface area contributed by atoms with Gasteiger partial charge >= 0.3 is 0 Å². The molecular formula is C18H30N2O. The van der Waals surface area contributed by atoms with Crippen LogP contribution in [0.2, 0.25) is 0 Å². The maximum atomic E-state index is 6.08. The third-order valence-electron chi connectivity index (χ3n) is 4.15. The summed E-state index contributed by atoms with van der Waals surface area (Å²) in [4.78, 5) is 4.62. The number of hydrogen-bond donors (Lipinski definition) is 1. The molecule has 0 aromatic carbocycles. The summed E-state index contributed by atoms with van der Waals surface area (Å²) in [6.45, 7) is 12.0. The lowest BCUT2D eigenvalue weighted by Gasteiger charge is -2.34. The highest BCUT2D eigenvalue weighted by atomic mass is 16.5. The molecule has 0 radical (unpaired) electrons. The van der Waals surface area contributed by atoms with Gasteiger partial charge in [-0.2, -0.15) is 0 Å². The predicted molar refractivity (Wildman–Crippen MR) is 87.5 cm³/mol. The van der Waals surface area contributed by atoms with Gasteiger partial charge in [-0.25, -0.2) is 4.98 Å². The first-order chi connectivity index (χ1) is 9.73. The summed E-state index contributed by atoms with van der Waals surface area (Å²) in [5.41, 5.74) is 1.62. The van der Waals surface area contributed by atoms with Crippen molar-refractivity contribution in [2.24, 2.45) is 5.41 Å². The van der Waals surface area contributed by atoms with Crippen LogP contribution < -0.4 is 10.1 Å². The minimum absolute atomic E-state index is 0.105. The van der Waals surface area contributed by atoms with Gasteiger partial charge in [0.15, 0.2) is 0 Å². The molecule has 0 unspecified atom stereocenters. The zero-order chi connectivity index (χ0) is 15.5. The lowest BCUT2D eigenvalue weighted by atomic mass is 9.76. The summed E-state index contributed by atoms with van der Waals surface area (Å²) in [7, 11) is 0. The Kier molecular flexibility index (Phi) is 4.92. The second kappa shape index (κ2) is 6.35. The van der Waals surface area contributed by atoms with E-state index in [2.05, 4.69) is 51.0 Å². The minimum Gasteiger partial charge on any atom is -0.474 e. The van der Waals surface area contributed by atoms with Crippen molar-refractivity contribution >= 4 is 0 Å². The maximum Gasteiger partial charge on any atom is 0.213 e. The fourth-order valence-electron chi connectivity index (χ4n) is 2.64. The van der Waals surface area contributed by atoms with E-state index in [1.165, 1.54) is 12.8 Å². The first-order valence-corrected chi connectivity index (χ1v) is 8.11. The molecule has 1 heterocycles. The molecule has 0 bridgehead atoms. The topological polar surface area (TPSA) is 34.1 Å².